The molecule has 0 aliphatic rings. The van der Waals surface area contributed by atoms with Crippen LogP contribution in [0.15, 0.2) is 98.1 Å². The van der Waals surface area contributed by atoms with Gasteiger partial charge in [-0.1, -0.05) is 11.6 Å². The number of pyridine rings is 3. The lowest BCUT2D eigenvalue weighted by Gasteiger charge is -2.18. The highest BCUT2D eigenvalue weighted by molar-refractivity contribution is 6.31. The number of hydrogen-bond donors (Lipinski definition) is 0. The molecule has 0 aliphatic carbocycles. The van der Waals surface area contributed by atoms with E-state index in [1.54, 1.807) is 12.3 Å². The van der Waals surface area contributed by atoms with Crippen molar-refractivity contribution in [2.45, 2.75) is 18.8 Å². The first kappa shape index (κ1) is 31.5. The van der Waals surface area contributed by atoms with Crippen molar-refractivity contribution in [2.24, 2.45) is 0 Å². The van der Waals surface area contributed by atoms with Gasteiger partial charge in [0.1, 0.15) is 23.5 Å². The normalized spacial score (nSPS) is 12.4. The molecule has 0 N–H and O–H groups in total. The lowest BCUT2D eigenvalue weighted by atomic mass is 10.0. The second-order valence-electron chi connectivity index (χ2n) is 10.6. The van der Waals surface area contributed by atoms with Crippen LogP contribution in [0.1, 0.15) is 17.4 Å². The first-order valence-electron chi connectivity index (χ1n) is 14.2. The predicted molar refractivity (Wildman–Crippen MR) is 163 cm³/mol. The van der Waals surface area contributed by atoms with Crippen molar-refractivity contribution < 1.29 is 26.7 Å². The summed E-state index contributed by atoms with van der Waals surface area (Å²) in [6.07, 6.45) is 4.34. The minimum atomic E-state index is -4.66. The molecule has 6 heterocycles. The average Bonchev–Trinajstić information content (AvgIpc) is 3.88. The zero-order valence-corrected chi connectivity index (χ0v) is 25.4. The van der Waals surface area contributed by atoms with Gasteiger partial charge in [0.15, 0.2) is 18.1 Å². The number of alkyl halides is 3. The Kier molecular flexibility index (Phi) is 8.03. The van der Waals surface area contributed by atoms with Crippen LogP contribution < -0.4 is 4.73 Å². The van der Waals surface area contributed by atoms with E-state index < -0.39 is 29.5 Å². The van der Waals surface area contributed by atoms with Gasteiger partial charge in [0.05, 0.1) is 46.5 Å². The summed E-state index contributed by atoms with van der Waals surface area (Å²) in [6, 6.07) is 11.6. The third-order valence-electron chi connectivity index (χ3n) is 7.54. The molecule has 246 valence electrons. The van der Waals surface area contributed by atoms with Crippen LogP contribution in [0.3, 0.4) is 0 Å². The van der Waals surface area contributed by atoms with Crippen molar-refractivity contribution in [1.82, 2.24) is 49.7 Å². The van der Waals surface area contributed by atoms with Crippen molar-refractivity contribution in [3.05, 3.63) is 131 Å². The second-order valence-corrected chi connectivity index (χ2v) is 11.0. The smallest absolute Gasteiger partial charge is 0.433 e. The van der Waals surface area contributed by atoms with E-state index in [9.17, 15) is 22.8 Å². The predicted octanol–water partition coefficient (Wildman–Crippen LogP) is 5.72. The van der Waals surface area contributed by atoms with Gasteiger partial charge in [0.25, 0.3) is 0 Å². The molecule has 18 heteroatoms. The molecule has 12 nitrogen and oxygen atoms in total. The third-order valence-corrected chi connectivity index (χ3v) is 7.83. The molecule has 0 bridgehead atoms. The van der Waals surface area contributed by atoms with Gasteiger partial charge in [0, 0.05) is 30.2 Å². The molecule has 0 spiro atoms. The van der Waals surface area contributed by atoms with Gasteiger partial charge in [-0.2, -0.15) is 32.8 Å². The molecule has 7 aromatic rings. The summed E-state index contributed by atoms with van der Waals surface area (Å²) in [5, 5.41) is 33.5. The van der Waals surface area contributed by atoms with E-state index in [-0.39, 0.29) is 39.6 Å². The fourth-order valence-corrected chi connectivity index (χ4v) is 5.37. The SMILES string of the molecule is [O-][n+]1cc(-c2c(-n3cnnn3)ccc(Cl)c2F)ccc1[C@H](Cn1ccc(-c2ccc(F)cn2)n1)n1cc(-c2ccnc(C(F)(F)F)c2)cn1. The number of hydrogen-bond acceptors (Lipinski definition) is 8. The molecular weight excluding hydrogens is 673 g/mol. The minimum absolute atomic E-state index is 0.00937. The van der Waals surface area contributed by atoms with Gasteiger partial charge in [-0.25, -0.2) is 8.78 Å². The molecule has 0 amide bonds. The van der Waals surface area contributed by atoms with Crippen molar-refractivity contribution in [1.29, 1.82) is 0 Å². The average molecular weight is 692 g/mol. The monoisotopic (exact) mass is 691 g/mol. The topological polar surface area (TPSA) is 132 Å². The van der Waals surface area contributed by atoms with Crippen LogP contribution >= 0.6 is 11.6 Å². The van der Waals surface area contributed by atoms with Gasteiger partial charge in [-0.05, 0) is 64.5 Å². The van der Waals surface area contributed by atoms with Crippen molar-refractivity contribution in [3.8, 4) is 39.3 Å². The largest absolute Gasteiger partial charge is 0.618 e. The van der Waals surface area contributed by atoms with Gasteiger partial charge >= 0.3 is 6.18 Å². The zero-order valence-electron chi connectivity index (χ0n) is 24.6. The lowest BCUT2D eigenvalue weighted by Crippen LogP contribution is -2.37. The first-order chi connectivity index (χ1) is 23.5. The maximum absolute atomic E-state index is 15.5. The maximum atomic E-state index is 15.5. The van der Waals surface area contributed by atoms with E-state index in [1.165, 1.54) is 75.2 Å². The Morgan fingerprint density at radius 1 is 0.918 bits per heavy atom. The molecule has 1 atom stereocenters. The van der Waals surface area contributed by atoms with Crippen LogP contribution in [0.5, 0.6) is 0 Å². The Balaban J connectivity index is 1.30. The van der Waals surface area contributed by atoms with Crippen LogP contribution in [0, 0.1) is 16.8 Å². The van der Waals surface area contributed by atoms with Crippen LogP contribution in [-0.2, 0) is 12.7 Å². The van der Waals surface area contributed by atoms with Gasteiger partial charge in [0.2, 0.25) is 5.69 Å². The highest BCUT2D eigenvalue weighted by Gasteiger charge is 2.33. The highest BCUT2D eigenvalue weighted by atomic mass is 35.5. The van der Waals surface area contributed by atoms with E-state index in [1.807, 2.05) is 0 Å². The number of halogens is 6. The number of nitrogens with zero attached hydrogens (tertiary/aromatic N) is 11. The van der Waals surface area contributed by atoms with Gasteiger partial charge in [-0.3, -0.25) is 19.3 Å². The highest BCUT2D eigenvalue weighted by Crippen LogP contribution is 2.34. The Morgan fingerprint density at radius 2 is 1.78 bits per heavy atom. The minimum Gasteiger partial charge on any atom is -0.618 e. The van der Waals surface area contributed by atoms with Crippen molar-refractivity contribution in [2.75, 3.05) is 0 Å². The fraction of sp³-hybridized carbons (Fsp3) is 0.0968. The molecule has 1 aromatic carbocycles. The molecule has 0 radical (unpaired) electrons. The van der Waals surface area contributed by atoms with Crippen molar-refractivity contribution >= 4 is 11.6 Å². The van der Waals surface area contributed by atoms with E-state index in [4.69, 9.17) is 11.6 Å². The van der Waals surface area contributed by atoms with Crippen LogP contribution in [-0.4, -0.2) is 49.7 Å². The number of tetrazole rings is 1. The molecule has 6 aromatic heterocycles. The Bertz CT molecular complexity index is 2270. The fourth-order valence-electron chi connectivity index (χ4n) is 5.22. The second kappa shape index (κ2) is 12.5. The Hall–Kier alpha value is -6.10. The number of rotatable bonds is 8. The summed E-state index contributed by atoms with van der Waals surface area (Å²) in [4.78, 5) is 7.46. The molecule has 49 heavy (non-hydrogen) atoms. The number of aromatic nitrogens is 11. The Morgan fingerprint density at radius 3 is 2.51 bits per heavy atom. The molecule has 0 saturated heterocycles. The summed E-state index contributed by atoms with van der Waals surface area (Å²) >= 11 is 6.10. The molecule has 7 rings (SSSR count). The molecular formula is C31H19ClF5N11O. The van der Waals surface area contributed by atoms with Crippen LogP contribution in [0.2, 0.25) is 5.02 Å². The first-order valence-corrected chi connectivity index (χ1v) is 14.6. The summed E-state index contributed by atoms with van der Waals surface area (Å²) < 4.78 is 73.7. The third kappa shape index (κ3) is 6.30. The zero-order chi connectivity index (χ0) is 34.3. The van der Waals surface area contributed by atoms with Crippen molar-refractivity contribution in [3.63, 3.8) is 0 Å². The number of benzene rings is 1. The molecule has 0 fully saturated rings. The van der Waals surface area contributed by atoms with Crippen LogP contribution in [0.4, 0.5) is 22.0 Å². The van der Waals surface area contributed by atoms with Gasteiger partial charge < -0.3 is 5.21 Å². The van der Waals surface area contributed by atoms with E-state index in [0.29, 0.717) is 21.7 Å². The molecule has 0 unspecified atom stereocenters. The quantitative estimate of drug-likeness (QED) is 0.112. The van der Waals surface area contributed by atoms with Crippen LogP contribution in [0.25, 0.3) is 39.3 Å². The maximum Gasteiger partial charge on any atom is 0.433 e. The Labute approximate surface area is 277 Å². The summed E-state index contributed by atoms with van der Waals surface area (Å²) in [7, 11) is 0. The van der Waals surface area contributed by atoms with Gasteiger partial charge in [-0.15, -0.1) is 5.10 Å². The lowest BCUT2D eigenvalue weighted by molar-refractivity contribution is -0.615. The van der Waals surface area contributed by atoms with E-state index in [2.05, 4.69) is 35.7 Å². The molecule has 0 saturated carbocycles. The summed E-state index contributed by atoms with van der Waals surface area (Å²) in [6.45, 7) is 0.00937. The van der Waals surface area contributed by atoms with E-state index in [0.717, 1.165) is 24.7 Å². The summed E-state index contributed by atoms with van der Waals surface area (Å²) in [5.74, 6) is -1.31. The summed E-state index contributed by atoms with van der Waals surface area (Å²) in [5.41, 5.74) is 0.767. The van der Waals surface area contributed by atoms with E-state index >= 15 is 4.39 Å². The molecule has 0 aliphatic heterocycles. The standard InChI is InChI=1S/C31H19ClF5N11O/c32-22-3-6-26(47-17-40-43-44-47)29(30(22)34)19-1-5-25(48(49)15-19)27(16-45-10-8-24(42-45)23-4-2-21(33)13-39-23)46-14-20(12-41-46)18-7-9-38-28(11-18)31(35,36)37/h1-15,17,27H,16H2/t27-/m0/s1.